The predicted molar refractivity (Wildman–Crippen MR) is 87.8 cm³/mol. The molecule has 1 fully saturated rings. The molecule has 0 bridgehead atoms. The van der Waals surface area contributed by atoms with Crippen LogP contribution in [0.1, 0.15) is 49.4 Å². The lowest BCUT2D eigenvalue weighted by Gasteiger charge is -2.34. The van der Waals surface area contributed by atoms with Crippen molar-refractivity contribution in [3.8, 4) is 0 Å². The lowest BCUT2D eigenvalue weighted by atomic mass is 9.93. The van der Waals surface area contributed by atoms with Gasteiger partial charge in [-0.3, -0.25) is 4.79 Å². The third-order valence-corrected chi connectivity index (χ3v) is 4.95. The van der Waals surface area contributed by atoms with E-state index in [0.29, 0.717) is 11.1 Å². The van der Waals surface area contributed by atoms with Gasteiger partial charge in [-0.15, -0.1) is 0 Å². The summed E-state index contributed by atoms with van der Waals surface area (Å²) in [6, 6.07) is 5.93. The van der Waals surface area contributed by atoms with Crippen LogP contribution in [0, 0.1) is 3.57 Å². The molecule has 0 aromatic heterocycles. The zero-order chi connectivity index (χ0) is 13.8. The van der Waals surface area contributed by atoms with E-state index in [-0.39, 0.29) is 5.91 Å². The average Bonchev–Trinajstić information content (AvgIpc) is 2.43. The molecular weight excluding hydrogens is 373 g/mol. The Morgan fingerprint density at radius 3 is 2.68 bits per heavy atom. The number of halogens is 2. The maximum atomic E-state index is 12.7. The van der Waals surface area contributed by atoms with Crippen molar-refractivity contribution in [2.24, 2.45) is 0 Å². The Hall–Kier alpha value is -0.290. The minimum Gasteiger partial charge on any atom is -0.336 e. The standard InChI is InChI=1S/C15H19ClINO/c1-2-18(12-6-4-3-5-7-12)15(19)13-10-11(16)8-9-14(13)17/h8-10,12H,2-7H2,1H3. The Morgan fingerprint density at radius 1 is 1.37 bits per heavy atom. The number of carbonyl (C=O) groups is 1. The van der Waals surface area contributed by atoms with Gasteiger partial charge >= 0.3 is 0 Å². The molecule has 2 nitrogen and oxygen atoms in total. The smallest absolute Gasteiger partial charge is 0.255 e. The first-order valence-electron chi connectivity index (χ1n) is 6.89. The summed E-state index contributed by atoms with van der Waals surface area (Å²) in [5.41, 5.74) is 0.737. The molecule has 0 spiro atoms. The summed E-state index contributed by atoms with van der Waals surface area (Å²) in [5.74, 6) is 0.126. The molecule has 0 saturated heterocycles. The van der Waals surface area contributed by atoms with Crippen molar-refractivity contribution in [3.05, 3.63) is 32.4 Å². The fourth-order valence-corrected chi connectivity index (χ4v) is 3.51. The number of hydrogen-bond donors (Lipinski definition) is 0. The van der Waals surface area contributed by atoms with Crippen LogP contribution in [0.5, 0.6) is 0 Å². The van der Waals surface area contributed by atoms with Crippen LogP contribution < -0.4 is 0 Å². The Morgan fingerprint density at radius 2 is 2.05 bits per heavy atom. The number of benzene rings is 1. The minimum atomic E-state index is 0.126. The largest absolute Gasteiger partial charge is 0.336 e. The molecule has 1 saturated carbocycles. The Labute approximate surface area is 133 Å². The number of rotatable bonds is 3. The molecule has 1 amide bonds. The number of carbonyl (C=O) groups excluding carboxylic acids is 1. The zero-order valence-electron chi connectivity index (χ0n) is 11.2. The van der Waals surface area contributed by atoms with Crippen molar-refractivity contribution in [3.63, 3.8) is 0 Å². The van der Waals surface area contributed by atoms with Crippen LogP contribution in [0.2, 0.25) is 5.02 Å². The van der Waals surface area contributed by atoms with Crippen LogP contribution in [0.15, 0.2) is 18.2 Å². The quantitative estimate of drug-likeness (QED) is 0.682. The number of nitrogens with zero attached hydrogens (tertiary/aromatic N) is 1. The molecule has 104 valence electrons. The Kier molecular flexibility index (Phi) is 5.51. The van der Waals surface area contributed by atoms with Crippen LogP contribution in [0.3, 0.4) is 0 Å². The van der Waals surface area contributed by atoms with Gasteiger partial charge in [0, 0.05) is 21.2 Å². The van der Waals surface area contributed by atoms with E-state index in [2.05, 4.69) is 29.5 Å². The highest BCUT2D eigenvalue weighted by Gasteiger charge is 2.26. The summed E-state index contributed by atoms with van der Waals surface area (Å²) in [6.07, 6.45) is 6.05. The molecule has 19 heavy (non-hydrogen) atoms. The van der Waals surface area contributed by atoms with Gasteiger partial charge < -0.3 is 4.90 Å². The van der Waals surface area contributed by atoms with Crippen molar-refractivity contribution < 1.29 is 4.79 Å². The van der Waals surface area contributed by atoms with Crippen molar-refractivity contribution >= 4 is 40.1 Å². The molecular formula is C15H19ClINO. The average molecular weight is 392 g/mol. The summed E-state index contributed by atoms with van der Waals surface area (Å²) in [4.78, 5) is 14.7. The monoisotopic (exact) mass is 391 g/mol. The lowest BCUT2D eigenvalue weighted by Crippen LogP contribution is -2.41. The zero-order valence-corrected chi connectivity index (χ0v) is 14.1. The molecule has 4 heteroatoms. The Balaban J connectivity index is 2.22. The fourth-order valence-electron chi connectivity index (χ4n) is 2.78. The highest BCUT2D eigenvalue weighted by molar-refractivity contribution is 14.1. The van der Waals surface area contributed by atoms with Crippen molar-refractivity contribution in [1.82, 2.24) is 4.90 Å². The second kappa shape index (κ2) is 6.93. The second-order valence-electron chi connectivity index (χ2n) is 5.01. The van der Waals surface area contributed by atoms with Gasteiger partial charge in [0.05, 0.1) is 5.56 Å². The van der Waals surface area contributed by atoms with Gasteiger partial charge in [0.25, 0.3) is 5.91 Å². The van der Waals surface area contributed by atoms with Crippen molar-refractivity contribution in [1.29, 1.82) is 0 Å². The third-order valence-electron chi connectivity index (χ3n) is 3.78. The third kappa shape index (κ3) is 3.63. The summed E-state index contributed by atoms with van der Waals surface area (Å²) in [5, 5.41) is 0.628. The van der Waals surface area contributed by atoms with Crippen molar-refractivity contribution in [2.45, 2.75) is 45.1 Å². The van der Waals surface area contributed by atoms with E-state index in [1.807, 2.05) is 17.0 Å². The minimum absolute atomic E-state index is 0.126. The normalized spacial score (nSPS) is 16.4. The van der Waals surface area contributed by atoms with Crippen LogP contribution in [-0.4, -0.2) is 23.4 Å². The molecule has 1 aromatic carbocycles. The van der Waals surface area contributed by atoms with Gasteiger partial charge in [-0.1, -0.05) is 30.9 Å². The maximum absolute atomic E-state index is 12.7. The van der Waals surface area contributed by atoms with E-state index in [9.17, 15) is 4.79 Å². The molecule has 1 aliphatic rings. The van der Waals surface area contributed by atoms with E-state index in [0.717, 1.165) is 28.5 Å². The summed E-state index contributed by atoms with van der Waals surface area (Å²) >= 11 is 8.23. The van der Waals surface area contributed by atoms with Gasteiger partial charge in [-0.25, -0.2) is 0 Å². The van der Waals surface area contributed by atoms with Gasteiger partial charge in [-0.2, -0.15) is 0 Å². The lowest BCUT2D eigenvalue weighted by molar-refractivity contribution is 0.0647. The van der Waals surface area contributed by atoms with E-state index in [1.165, 1.54) is 19.3 Å². The number of amides is 1. The molecule has 1 aliphatic carbocycles. The van der Waals surface area contributed by atoms with Crippen molar-refractivity contribution in [2.75, 3.05) is 6.54 Å². The molecule has 0 radical (unpaired) electrons. The summed E-state index contributed by atoms with van der Waals surface area (Å²) in [6.45, 7) is 2.83. The first kappa shape index (κ1) is 15.1. The van der Waals surface area contributed by atoms with Crippen LogP contribution in [0.25, 0.3) is 0 Å². The molecule has 1 aromatic rings. The van der Waals surface area contributed by atoms with Gasteiger partial charge in [-0.05, 0) is 60.6 Å². The fraction of sp³-hybridized carbons (Fsp3) is 0.533. The molecule has 0 heterocycles. The molecule has 0 aliphatic heterocycles. The highest BCUT2D eigenvalue weighted by atomic mass is 127. The summed E-state index contributed by atoms with van der Waals surface area (Å²) in [7, 11) is 0. The van der Waals surface area contributed by atoms with Gasteiger partial charge in [0.2, 0.25) is 0 Å². The SMILES string of the molecule is CCN(C(=O)c1cc(Cl)ccc1I)C1CCCCC1. The topological polar surface area (TPSA) is 20.3 Å². The second-order valence-corrected chi connectivity index (χ2v) is 6.61. The molecule has 0 N–H and O–H groups in total. The van der Waals surface area contributed by atoms with Crippen LogP contribution in [0.4, 0.5) is 0 Å². The van der Waals surface area contributed by atoms with Gasteiger partial charge in [0.1, 0.15) is 0 Å². The van der Waals surface area contributed by atoms with E-state index < -0.39 is 0 Å². The first-order valence-corrected chi connectivity index (χ1v) is 8.35. The first-order chi connectivity index (χ1) is 9.13. The highest BCUT2D eigenvalue weighted by Crippen LogP contribution is 2.26. The number of hydrogen-bond acceptors (Lipinski definition) is 1. The van der Waals surface area contributed by atoms with Gasteiger partial charge in [0.15, 0.2) is 0 Å². The Bertz CT molecular complexity index is 457. The molecule has 0 atom stereocenters. The molecule has 0 unspecified atom stereocenters. The van der Waals surface area contributed by atoms with Crippen LogP contribution >= 0.6 is 34.2 Å². The van der Waals surface area contributed by atoms with E-state index in [4.69, 9.17) is 11.6 Å². The van der Waals surface area contributed by atoms with E-state index in [1.54, 1.807) is 6.07 Å². The summed E-state index contributed by atoms with van der Waals surface area (Å²) < 4.78 is 0.973. The maximum Gasteiger partial charge on any atom is 0.255 e. The van der Waals surface area contributed by atoms with Crippen LogP contribution in [-0.2, 0) is 0 Å². The molecule has 2 rings (SSSR count). The van der Waals surface area contributed by atoms with E-state index >= 15 is 0 Å². The predicted octanol–water partition coefficient (Wildman–Crippen LogP) is 4.74.